The number of anilines is 1. The summed E-state index contributed by atoms with van der Waals surface area (Å²) in [6.45, 7) is 2.74. The van der Waals surface area contributed by atoms with Crippen molar-refractivity contribution in [1.29, 1.82) is 0 Å². The molecule has 0 bridgehead atoms. The molecule has 0 spiro atoms. The summed E-state index contributed by atoms with van der Waals surface area (Å²) < 4.78 is 11.7. The Balaban J connectivity index is 1.66. The summed E-state index contributed by atoms with van der Waals surface area (Å²) in [6.07, 6.45) is 3.49. The summed E-state index contributed by atoms with van der Waals surface area (Å²) in [6, 6.07) is 17.0. The lowest BCUT2D eigenvalue weighted by atomic mass is 9.98. The number of nitrogens with zero attached hydrogens (tertiary/aromatic N) is 2. The van der Waals surface area contributed by atoms with Gasteiger partial charge in [0.25, 0.3) is 5.91 Å². The lowest BCUT2D eigenvalue weighted by molar-refractivity contribution is 0.0970. The van der Waals surface area contributed by atoms with E-state index in [-0.39, 0.29) is 11.2 Å². The standard InChI is InChI=1S/C26H21ClN2O4/c1-2-3-14-32-18-11-8-16(9-12-18)23-22-24(30)19-6-4-5-7-20(19)33-25(22)26(31)29(23)21-13-10-17(27)15-28-21/h4-13,15,23H,2-3,14H2,1H3/t23-/m1/s1. The number of hydrogen-bond acceptors (Lipinski definition) is 5. The SMILES string of the molecule is CCCCOc1ccc([C@@H]2c3c(oc4ccccc4c3=O)C(=O)N2c2ccc(Cl)cn2)cc1. The van der Waals surface area contributed by atoms with Crippen LogP contribution in [0.4, 0.5) is 5.82 Å². The Morgan fingerprint density at radius 2 is 1.85 bits per heavy atom. The van der Waals surface area contributed by atoms with Crippen LogP contribution >= 0.6 is 11.6 Å². The lowest BCUT2D eigenvalue weighted by Gasteiger charge is -2.24. The molecule has 6 nitrogen and oxygen atoms in total. The van der Waals surface area contributed by atoms with Crippen LogP contribution in [-0.2, 0) is 0 Å². The van der Waals surface area contributed by atoms with Crippen LogP contribution in [0.5, 0.6) is 5.75 Å². The van der Waals surface area contributed by atoms with Crippen molar-refractivity contribution >= 4 is 34.3 Å². The molecule has 0 aliphatic carbocycles. The molecule has 3 heterocycles. The second-order valence-electron chi connectivity index (χ2n) is 7.85. The number of unbranched alkanes of at least 4 members (excludes halogenated alkanes) is 1. The van der Waals surface area contributed by atoms with Crippen molar-refractivity contribution in [3.63, 3.8) is 0 Å². The van der Waals surface area contributed by atoms with Crippen molar-refractivity contribution in [2.24, 2.45) is 0 Å². The minimum atomic E-state index is -0.688. The van der Waals surface area contributed by atoms with E-state index in [9.17, 15) is 9.59 Å². The molecule has 2 aromatic carbocycles. The fourth-order valence-electron chi connectivity index (χ4n) is 4.06. The van der Waals surface area contributed by atoms with Gasteiger partial charge in [-0.25, -0.2) is 4.98 Å². The average molecular weight is 461 g/mol. The quantitative estimate of drug-likeness (QED) is 0.341. The molecule has 0 N–H and O–H groups in total. The highest BCUT2D eigenvalue weighted by Crippen LogP contribution is 2.41. The number of rotatable bonds is 6. The zero-order valence-corrected chi connectivity index (χ0v) is 18.7. The van der Waals surface area contributed by atoms with Gasteiger partial charge in [0.1, 0.15) is 17.2 Å². The number of fused-ring (bicyclic) bond motifs is 2. The number of halogens is 1. The number of pyridine rings is 1. The summed E-state index contributed by atoms with van der Waals surface area (Å²) in [5.74, 6) is 0.727. The van der Waals surface area contributed by atoms with Crippen LogP contribution in [0.3, 0.4) is 0 Å². The molecule has 7 heteroatoms. The molecular formula is C26H21ClN2O4. The Labute approximate surface area is 195 Å². The predicted octanol–water partition coefficient (Wildman–Crippen LogP) is 5.77. The van der Waals surface area contributed by atoms with Gasteiger partial charge in [-0.05, 0) is 48.4 Å². The van der Waals surface area contributed by atoms with Crippen molar-refractivity contribution < 1.29 is 13.9 Å². The van der Waals surface area contributed by atoms with Gasteiger partial charge in [-0.1, -0.05) is 49.2 Å². The van der Waals surface area contributed by atoms with E-state index in [1.165, 1.54) is 11.1 Å². The highest BCUT2D eigenvalue weighted by molar-refractivity contribution is 6.30. The summed E-state index contributed by atoms with van der Waals surface area (Å²) in [4.78, 5) is 32.8. The Hall–Kier alpha value is -3.64. The molecule has 4 aromatic rings. The fraction of sp³-hybridized carbons (Fsp3) is 0.192. The van der Waals surface area contributed by atoms with E-state index >= 15 is 0 Å². The van der Waals surface area contributed by atoms with E-state index in [2.05, 4.69) is 11.9 Å². The minimum Gasteiger partial charge on any atom is -0.494 e. The van der Waals surface area contributed by atoms with E-state index in [0.717, 1.165) is 24.2 Å². The molecule has 1 aliphatic rings. The maximum absolute atomic E-state index is 13.5. The number of benzene rings is 2. The highest BCUT2D eigenvalue weighted by Gasteiger charge is 2.44. The van der Waals surface area contributed by atoms with Gasteiger partial charge in [-0.3, -0.25) is 14.5 Å². The Morgan fingerprint density at radius 1 is 1.06 bits per heavy atom. The summed E-state index contributed by atoms with van der Waals surface area (Å²) in [5.41, 5.74) is 1.20. The van der Waals surface area contributed by atoms with Gasteiger partial charge in [0.15, 0.2) is 5.43 Å². The van der Waals surface area contributed by atoms with Gasteiger partial charge in [-0.2, -0.15) is 0 Å². The lowest BCUT2D eigenvalue weighted by Crippen LogP contribution is -2.30. The second kappa shape index (κ2) is 8.71. The summed E-state index contributed by atoms with van der Waals surface area (Å²) in [7, 11) is 0. The fourth-order valence-corrected chi connectivity index (χ4v) is 4.17. The number of carbonyl (C=O) groups excluding carboxylic acids is 1. The molecule has 166 valence electrons. The normalized spacial score (nSPS) is 15.2. The molecule has 1 atom stereocenters. The molecule has 1 amide bonds. The van der Waals surface area contributed by atoms with Gasteiger partial charge >= 0.3 is 0 Å². The molecular weight excluding hydrogens is 440 g/mol. The van der Waals surface area contributed by atoms with E-state index in [0.29, 0.717) is 34.0 Å². The van der Waals surface area contributed by atoms with E-state index in [1.807, 2.05) is 24.3 Å². The Morgan fingerprint density at radius 3 is 2.58 bits per heavy atom. The average Bonchev–Trinajstić information content (AvgIpc) is 3.13. The Bertz CT molecular complexity index is 1380. The van der Waals surface area contributed by atoms with Crippen molar-refractivity contribution in [2.45, 2.75) is 25.8 Å². The van der Waals surface area contributed by atoms with Crippen molar-refractivity contribution in [3.05, 3.63) is 99.0 Å². The van der Waals surface area contributed by atoms with Gasteiger partial charge in [-0.15, -0.1) is 0 Å². The second-order valence-corrected chi connectivity index (χ2v) is 8.29. The van der Waals surface area contributed by atoms with Crippen LogP contribution in [0.15, 0.2) is 76.1 Å². The molecule has 0 radical (unpaired) electrons. The highest BCUT2D eigenvalue weighted by atomic mass is 35.5. The molecule has 0 saturated carbocycles. The zero-order valence-electron chi connectivity index (χ0n) is 18.0. The molecule has 5 rings (SSSR count). The van der Waals surface area contributed by atoms with E-state index in [4.69, 9.17) is 20.8 Å². The molecule has 0 saturated heterocycles. The van der Waals surface area contributed by atoms with Crippen molar-refractivity contribution in [3.8, 4) is 5.75 Å². The van der Waals surface area contributed by atoms with Gasteiger partial charge in [0.05, 0.1) is 28.6 Å². The number of aromatic nitrogens is 1. The zero-order chi connectivity index (χ0) is 22.9. The van der Waals surface area contributed by atoms with Crippen LogP contribution in [-0.4, -0.2) is 17.5 Å². The third kappa shape index (κ3) is 3.76. The molecule has 2 aromatic heterocycles. The number of para-hydroxylation sites is 1. The molecule has 1 aliphatic heterocycles. The van der Waals surface area contributed by atoms with Crippen LogP contribution in [0.1, 0.15) is 47.5 Å². The first-order valence-electron chi connectivity index (χ1n) is 10.8. The number of hydrogen-bond donors (Lipinski definition) is 0. The summed E-state index contributed by atoms with van der Waals surface area (Å²) in [5, 5.41) is 0.882. The van der Waals surface area contributed by atoms with Crippen LogP contribution in [0.25, 0.3) is 11.0 Å². The largest absolute Gasteiger partial charge is 0.494 e. The van der Waals surface area contributed by atoms with Crippen LogP contribution < -0.4 is 15.1 Å². The topological polar surface area (TPSA) is 72.6 Å². The predicted molar refractivity (Wildman–Crippen MR) is 127 cm³/mol. The van der Waals surface area contributed by atoms with Crippen molar-refractivity contribution in [2.75, 3.05) is 11.5 Å². The first-order chi connectivity index (χ1) is 16.1. The molecule has 0 fully saturated rings. The number of carbonyl (C=O) groups is 1. The smallest absolute Gasteiger partial charge is 0.296 e. The third-order valence-electron chi connectivity index (χ3n) is 5.70. The van der Waals surface area contributed by atoms with Gasteiger partial charge in [0, 0.05) is 6.20 Å². The third-order valence-corrected chi connectivity index (χ3v) is 5.92. The maximum Gasteiger partial charge on any atom is 0.296 e. The summed E-state index contributed by atoms with van der Waals surface area (Å²) >= 11 is 6.01. The number of amides is 1. The first kappa shape index (κ1) is 21.2. The van der Waals surface area contributed by atoms with E-state index < -0.39 is 11.9 Å². The molecule has 0 unspecified atom stereocenters. The van der Waals surface area contributed by atoms with Crippen LogP contribution in [0.2, 0.25) is 5.02 Å². The first-order valence-corrected chi connectivity index (χ1v) is 11.2. The van der Waals surface area contributed by atoms with Gasteiger partial charge < -0.3 is 9.15 Å². The maximum atomic E-state index is 13.5. The van der Waals surface area contributed by atoms with Gasteiger partial charge in [0.2, 0.25) is 5.76 Å². The minimum absolute atomic E-state index is 0.0312. The monoisotopic (exact) mass is 460 g/mol. The van der Waals surface area contributed by atoms with E-state index in [1.54, 1.807) is 36.4 Å². The van der Waals surface area contributed by atoms with Crippen molar-refractivity contribution in [1.82, 2.24) is 4.98 Å². The Kier molecular flexibility index (Phi) is 5.60. The van der Waals surface area contributed by atoms with Crippen LogP contribution in [0, 0.1) is 0 Å². The molecule has 33 heavy (non-hydrogen) atoms. The number of ether oxygens (including phenoxy) is 1.